The molecule has 4 aromatic heterocycles. The molecule has 12 N–H and O–H groups in total. The molecule has 4 aromatic rings. The van der Waals surface area contributed by atoms with E-state index in [-0.39, 0.29) is 182 Å². The third-order valence-electron chi connectivity index (χ3n) is 8.08. The largest absolute Gasteiger partial charge is 1.00 e. The van der Waals surface area contributed by atoms with Gasteiger partial charge in [0.2, 0.25) is 7.57 Å². The van der Waals surface area contributed by atoms with Gasteiger partial charge in [-0.05, 0) is 0 Å². The van der Waals surface area contributed by atoms with E-state index < -0.39 is 112 Å². The van der Waals surface area contributed by atoms with Crippen molar-refractivity contribution in [3.63, 3.8) is 0 Å². The van der Waals surface area contributed by atoms with Crippen LogP contribution in [0.3, 0.4) is 0 Å². The summed E-state index contributed by atoms with van der Waals surface area (Å²) in [5.41, 5.74) is 11.9. The van der Waals surface area contributed by atoms with Gasteiger partial charge in [-0.1, -0.05) is 0 Å². The van der Waals surface area contributed by atoms with Crippen LogP contribution in [-0.4, -0.2) is 148 Å². The van der Waals surface area contributed by atoms with Gasteiger partial charge in [-0.15, -0.1) is 0 Å². The second-order valence-electron chi connectivity index (χ2n) is 12.4. The molecule has 62 heavy (non-hydrogen) atoms. The van der Waals surface area contributed by atoms with Crippen molar-refractivity contribution in [2.24, 2.45) is 0 Å². The maximum absolute atomic E-state index is 12.7. The first-order chi connectivity index (χ1) is 26.4. The molecule has 2 fully saturated rings. The van der Waals surface area contributed by atoms with E-state index in [4.69, 9.17) is 37.6 Å². The Morgan fingerprint density at radius 2 is 0.919 bits per heavy atom. The average Bonchev–Trinajstić information content (AvgIpc) is 3.83. The molecule has 6 rings (SSSR count). The molecule has 6 heterocycles. The van der Waals surface area contributed by atoms with Crippen LogP contribution in [0.25, 0.3) is 22.3 Å². The molecule has 0 aliphatic carbocycles. The van der Waals surface area contributed by atoms with Crippen molar-refractivity contribution in [3.05, 3.63) is 25.3 Å². The zero-order valence-electron chi connectivity index (χ0n) is 33.4. The van der Waals surface area contributed by atoms with Gasteiger partial charge in [-0.3, -0.25) is 32.0 Å². The molecule has 312 valence electrons. The molecule has 12 atom stereocenters. The van der Waals surface area contributed by atoms with Gasteiger partial charge in [0.05, 0.1) is 25.9 Å². The van der Waals surface area contributed by atoms with E-state index >= 15 is 0 Å². The quantitative estimate of drug-likeness (QED) is 0.0368. The molecule has 2 radical (unpaired) electrons. The summed E-state index contributed by atoms with van der Waals surface area (Å²) >= 11 is 0. The van der Waals surface area contributed by atoms with Crippen LogP contribution < -0.4 is 159 Å². The summed E-state index contributed by atoms with van der Waals surface area (Å²) in [4.78, 5) is 64.3. The number of aromatic nitrogens is 8. The Hall–Kier alpha value is 2.35. The molecule has 0 aromatic carbocycles. The van der Waals surface area contributed by atoms with Crippen molar-refractivity contribution < 1.29 is 238 Å². The third kappa shape index (κ3) is 15.2. The number of aliphatic hydroxyl groups is 4. The van der Waals surface area contributed by atoms with Crippen LogP contribution >= 0.6 is 37.9 Å². The zero-order valence-corrected chi connectivity index (χ0v) is 47.8. The van der Waals surface area contributed by atoms with Crippen molar-refractivity contribution >= 4 is 79.4 Å². The smallest absolute Gasteiger partial charge is 0.387 e. The van der Waals surface area contributed by atoms with Crippen LogP contribution in [-0.2, 0) is 50.0 Å². The molecule has 40 heteroatoms. The number of hydrogen-bond acceptors (Lipinski definition) is 23. The van der Waals surface area contributed by atoms with Crippen molar-refractivity contribution in [2.45, 2.75) is 49.1 Å². The summed E-state index contributed by atoms with van der Waals surface area (Å²) in [6.45, 7) is -1.98. The topological polar surface area (TPSA) is 442 Å². The zero-order chi connectivity index (χ0) is 41.9. The van der Waals surface area contributed by atoms with E-state index in [0.717, 1.165) is 25.3 Å². The van der Waals surface area contributed by atoms with Crippen LogP contribution in [0.2, 0.25) is 0 Å². The standard InChI is InChI=1S/C22H32BN10O19P5.5Na/c23-57(46,51-55(42,43)7-53(38,39)47-1-9-13(34)15(36)21(49-9)32-5-30-11-17(24)26-3-28-19(11)32)52-56(44,45)8-54(40,41)48-2-10-14(35)16(37)22(50-10)33-6-31-12-18(25)27-4-29-20(12)33;;;;;/h3-6,9-10,13-16,21-22,34-37H,1-2,7-8H2,(H,38,39)(H,40,41)(H,42,43)(H,44,45)(H2,24,26,28)(H2,25,27,29);;;;;/q;5*+1/t9-,10-,13-,14-,15-,16-,21-,22-;;;;;/m1...../s1. The first-order valence-corrected chi connectivity index (χ1v) is 24.3. The number of ether oxygens (including phenoxy) is 2. The first kappa shape index (κ1) is 62.4. The number of aliphatic hydroxyl groups excluding tert-OH is 4. The van der Waals surface area contributed by atoms with Gasteiger partial charge in [0.1, 0.15) is 60.3 Å². The van der Waals surface area contributed by atoms with Crippen LogP contribution in [0.4, 0.5) is 11.6 Å². The van der Waals surface area contributed by atoms with Gasteiger partial charge in [0.15, 0.2) is 47.2 Å². The molecular formula is C22H32BN10Na5O19P5+5. The SMILES string of the molecule is [B]P(=O)(OP(=O)(O)CP(=O)(O)OC[C@H]1O[C@@H](n2cnc3c(N)ncnc32)[C@H](O)[C@@H]1O)OP(=O)(O)CP(=O)(O)OC[C@H]1O[C@@H](n2cnc3c(N)ncnc32)[C@H](O)[C@@H]1O.[Na+].[Na+].[Na+].[Na+].[Na+]. The minimum Gasteiger partial charge on any atom is -0.387 e. The maximum atomic E-state index is 12.7. The van der Waals surface area contributed by atoms with Gasteiger partial charge in [0.25, 0.3) is 7.47 Å². The number of imidazole rings is 2. The Labute approximate surface area is 461 Å². The molecule has 2 aliphatic rings. The van der Waals surface area contributed by atoms with Crippen LogP contribution in [0.5, 0.6) is 0 Å². The van der Waals surface area contributed by atoms with E-state index in [2.05, 4.69) is 38.5 Å². The number of anilines is 2. The predicted molar refractivity (Wildman–Crippen MR) is 188 cm³/mol. The summed E-state index contributed by atoms with van der Waals surface area (Å²) in [5, 5.41) is 42.0. The first-order valence-electron chi connectivity index (χ1n) is 15.6. The summed E-state index contributed by atoms with van der Waals surface area (Å²) in [7, 11) is -22.4. The number of fused-ring (bicyclic) bond motifs is 2. The fourth-order valence-corrected chi connectivity index (χ4v) is 15.2. The summed E-state index contributed by atoms with van der Waals surface area (Å²) < 4.78 is 94.7. The summed E-state index contributed by atoms with van der Waals surface area (Å²) in [6, 6.07) is 0. The number of rotatable bonds is 16. The van der Waals surface area contributed by atoms with Gasteiger partial charge in [-0.2, -0.15) is 0 Å². The Morgan fingerprint density at radius 1 is 0.581 bits per heavy atom. The van der Waals surface area contributed by atoms with E-state index in [9.17, 15) is 62.8 Å². The Bertz CT molecular complexity index is 2260. The molecule has 2 aliphatic heterocycles. The van der Waals surface area contributed by atoms with E-state index in [0.29, 0.717) is 0 Å². The van der Waals surface area contributed by atoms with Gasteiger partial charge in [0, 0.05) is 0 Å². The van der Waals surface area contributed by atoms with E-state index in [1.54, 1.807) is 0 Å². The summed E-state index contributed by atoms with van der Waals surface area (Å²) in [6.07, 6.45) is -8.19. The monoisotopic (exact) mass is 1020 g/mol. The molecule has 0 saturated carbocycles. The number of hydrogen-bond donors (Lipinski definition) is 10. The molecule has 0 spiro atoms. The maximum Gasteiger partial charge on any atom is 1.00 e. The second kappa shape index (κ2) is 24.5. The Balaban J connectivity index is 0.00000384. The average molecular weight is 1020 g/mol. The van der Waals surface area contributed by atoms with Crippen molar-refractivity contribution in [3.8, 4) is 0 Å². The van der Waals surface area contributed by atoms with Crippen molar-refractivity contribution in [2.75, 3.05) is 36.5 Å². The number of nitrogens with two attached hydrogens (primary N) is 2. The minimum atomic E-state index is -5.70. The summed E-state index contributed by atoms with van der Waals surface area (Å²) in [5.74, 6) is -3.75. The molecule has 29 nitrogen and oxygen atoms in total. The molecular weight excluding hydrogens is 989 g/mol. The number of nitrogen functional groups attached to an aromatic ring is 2. The molecule has 4 unspecified atom stereocenters. The fourth-order valence-electron chi connectivity index (χ4n) is 5.64. The van der Waals surface area contributed by atoms with E-state index in [1.165, 1.54) is 9.13 Å². The number of nitrogens with zero attached hydrogens (tertiary/aromatic N) is 8. The minimum absolute atomic E-state index is 0. The molecule has 0 bridgehead atoms. The predicted octanol–water partition coefficient (Wildman–Crippen LogP) is -16.9. The van der Waals surface area contributed by atoms with Crippen molar-refractivity contribution in [1.29, 1.82) is 0 Å². The van der Waals surface area contributed by atoms with E-state index in [1.807, 2.05) is 0 Å². The normalized spacial score (nSPS) is 28.3. The molecule has 0 amide bonds. The van der Waals surface area contributed by atoms with Gasteiger partial charge >= 0.3 is 178 Å². The van der Waals surface area contributed by atoms with Crippen LogP contribution in [0.15, 0.2) is 25.3 Å². The third-order valence-corrected chi connectivity index (χ3v) is 18.8. The second-order valence-corrected chi connectivity index (χ2v) is 22.7. The van der Waals surface area contributed by atoms with Gasteiger partial charge in [-0.25, -0.2) is 38.5 Å². The Morgan fingerprint density at radius 3 is 1.26 bits per heavy atom. The van der Waals surface area contributed by atoms with Crippen molar-refractivity contribution in [1.82, 2.24) is 39.0 Å². The van der Waals surface area contributed by atoms with Crippen LogP contribution in [0, 0.1) is 0 Å². The Kier molecular flexibility index (Phi) is 24.6. The fraction of sp³-hybridized carbons (Fsp3) is 0.545. The molecule has 2 saturated heterocycles. The van der Waals surface area contributed by atoms with Gasteiger partial charge < -0.3 is 70.0 Å². The van der Waals surface area contributed by atoms with Crippen LogP contribution in [0.1, 0.15) is 12.5 Å².